The second kappa shape index (κ2) is 6.05. The Morgan fingerprint density at radius 2 is 2.15 bits per heavy atom. The van der Waals surface area contributed by atoms with Crippen LogP contribution in [0.2, 0.25) is 0 Å². The van der Waals surface area contributed by atoms with Crippen molar-refractivity contribution in [2.24, 2.45) is 5.92 Å². The van der Waals surface area contributed by atoms with E-state index in [0.717, 1.165) is 10.6 Å². The topological polar surface area (TPSA) is 68.0 Å². The Bertz CT molecular complexity index is 573. The van der Waals surface area contributed by atoms with Crippen LogP contribution < -0.4 is 11.1 Å². The molecule has 4 nitrogen and oxygen atoms in total. The van der Waals surface area contributed by atoms with E-state index in [1.165, 1.54) is 0 Å². The summed E-state index contributed by atoms with van der Waals surface area (Å²) < 4.78 is 0. The zero-order chi connectivity index (χ0) is 14.7. The van der Waals surface area contributed by atoms with Crippen LogP contribution in [0.4, 0.5) is 5.82 Å². The lowest BCUT2D eigenvalue weighted by Crippen LogP contribution is -2.31. The Hall–Kier alpha value is -1.88. The number of amides is 1. The molecule has 0 saturated carbocycles. The van der Waals surface area contributed by atoms with Crippen LogP contribution >= 0.6 is 11.3 Å². The molecule has 0 spiro atoms. The predicted molar refractivity (Wildman–Crippen MR) is 82.8 cm³/mol. The minimum Gasteiger partial charge on any atom is -0.384 e. The van der Waals surface area contributed by atoms with E-state index in [0.29, 0.717) is 17.3 Å². The molecule has 2 aromatic rings. The number of nitrogens with two attached hydrogens (primary N) is 1. The van der Waals surface area contributed by atoms with Gasteiger partial charge in [0.2, 0.25) is 0 Å². The standard InChI is InChI=1S/C15H19N3OS/c1-9(2)14(12-5-4-6-20-12)18-15(19)11-7-10(3)17-13(16)8-11/h4-9,14H,1-3H3,(H2,16,17)(H,18,19). The number of thiophene rings is 1. The number of pyridine rings is 1. The van der Waals surface area contributed by atoms with Gasteiger partial charge in [-0.2, -0.15) is 0 Å². The first-order valence-electron chi connectivity index (χ1n) is 6.56. The van der Waals surface area contributed by atoms with Crippen molar-refractivity contribution < 1.29 is 4.79 Å². The molecule has 1 unspecified atom stereocenters. The van der Waals surface area contributed by atoms with Crippen molar-refractivity contribution in [3.8, 4) is 0 Å². The third-order valence-electron chi connectivity index (χ3n) is 3.04. The monoisotopic (exact) mass is 289 g/mol. The molecule has 106 valence electrons. The maximum absolute atomic E-state index is 12.4. The van der Waals surface area contributed by atoms with Crippen LogP contribution in [-0.4, -0.2) is 10.9 Å². The Morgan fingerprint density at radius 1 is 1.40 bits per heavy atom. The Kier molecular flexibility index (Phi) is 4.39. The van der Waals surface area contributed by atoms with Gasteiger partial charge >= 0.3 is 0 Å². The van der Waals surface area contributed by atoms with Crippen LogP contribution in [0.1, 0.15) is 40.8 Å². The molecule has 5 heteroatoms. The molecule has 2 heterocycles. The highest BCUT2D eigenvalue weighted by Gasteiger charge is 2.20. The minimum atomic E-state index is -0.116. The predicted octanol–water partition coefficient (Wildman–Crippen LogP) is 3.16. The van der Waals surface area contributed by atoms with E-state index >= 15 is 0 Å². The van der Waals surface area contributed by atoms with Crippen molar-refractivity contribution in [3.05, 3.63) is 45.8 Å². The summed E-state index contributed by atoms with van der Waals surface area (Å²) in [7, 11) is 0. The van der Waals surface area contributed by atoms with Gasteiger partial charge in [-0.15, -0.1) is 11.3 Å². The fraction of sp³-hybridized carbons (Fsp3) is 0.333. The number of anilines is 1. The van der Waals surface area contributed by atoms with Gasteiger partial charge in [0, 0.05) is 16.1 Å². The summed E-state index contributed by atoms with van der Waals surface area (Å²) in [6, 6.07) is 7.40. The molecule has 0 aliphatic heterocycles. The third-order valence-corrected chi connectivity index (χ3v) is 3.99. The number of carbonyl (C=O) groups is 1. The molecule has 0 radical (unpaired) electrons. The summed E-state index contributed by atoms with van der Waals surface area (Å²) in [6.07, 6.45) is 0. The lowest BCUT2D eigenvalue weighted by atomic mass is 10.0. The van der Waals surface area contributed by atoms with Gasteiger partial charge in [0.1, 0.15) is 5.82 Å². The number of nitrogens with zero attached hydrogens (tertiary/aromatic N) is 1. The number of aromatic nitrogens is 1. The first kappa shape index (κ1) is 14.5. The number of hydrogen-bond donors (Lipinski definition) is 2. The van der Waals surface area contributed by atoms with E-state index in [2.05, 4.69) is 24.1 Å². The minimum absolute atomic E-state index is 0.0113. The summed E-state index contributed by atoms with van der Waals surface area (Å²) in [5.41, 5.74) is 6.99. The fourth-order valence-corrected chi connectivity index (χ4v) is 3.03. The van der Waals surface area contributed by atoms with Crippen molar-refractivity contribution in [1.82, 2.24) is 10.3 Å². The van der Waals surface area contributed by atoms with Gasteiger partial charge < -0.3 is 11.1 Å². The first-order chi connectivity index (χ1) is 9.47. The molecule has 20 heavy (non-hydrogen) atoms. The summed E-state index contributed by atoms with van der Waals surface area (Å²) in [4.78, 5) is 17.6. The van der Waals surface area contributed by atoms with Crippen LogP contribution in [0.15, 0.2) is 29.6 Å². The van der Waals surface area contributed by atoms with Crippen LogP contribution in [0.25, 0.3) is 0 Å². The summed E-state index contributed by atoms with van der Waals surface area (Å²) >= 11 is 1.65. The molecule has 3 N–H and O–H groups in total. The van der Waals surface area contributed by atoms with Crippen LogP contribution in [0.3, 0.4) is 0 Å². The van der Waals surface area contributed by atoms with Crippen molar-refractivity contribution in [2.45, 2.75) is 26.8 Å². The van der Waals surface area contributed by atoms with Gasteiger partial charge in [-0.3, -0.25) is 4.79 Å². The van der Waals surface area contributed by atoms with Crippen molar-refractivity contribution in [1.29, 1.82) is 0 Å². The zero-order valence-corrected chi connectivity index (χ0v) is 12.7. The van der Waals surface area contributed by atoms with Crippen LogP contribution in [0, 0.1) is 12.8 Å². The molecule has 0 bridgehead atoms. The first-order valence-corrected chi connectivity index (χ1v) is 7.43. The lowest BCUT2D eigenvalue weighted by molar-refractivity contribution is 0.0926. The molecule has 2 rings (SSSR count). The van der Waals surface area contributed by atoms with Gasteiger partial charge in [0.15, 0.2) is 0 Å². The fourth-order valence-electron chi connectivity index (χ4n) is 2.08. The average molecular weight is 289 g/mol. The van der Waals surface area contributed by atoms with E-state index in [1.807, 2.05) is 24.4 Å². The van der Waals surface area contributed by atoms with Crippen LogP contribution in [-0.2, 0) is 0 Å². The molecule has 0 fully saturated rings. The number of aryl methyl sites for hydroxylation is 1. The molecular formula is C15H19N3OS. The molecule has 1 atom stereocenters. The van der Waals surface area contributed by atoms with E-state index in [-0.39, 0.29) is 11.9 Å². The maximum Gasteiger partial charge on any atom is 0.251 e. The number of nitrogens with one attached hydrogen (secondary N) is 1. The summed E-state index contributed by atoms with van der Waals surface area (Å²) in [6.45, 7) is 6.01. The van der Waals surface area contributed by atoms with E-state index in [9.17, 15) is 4.79 Å². The molecule has 2 aromatic heterocycles. The number of carbonyl (C=O) groups excluding carboxylic acids is 1. The Balaban J connectivity index is 2.20. The summed E-state index contributed by atoms with van der Waals surface area (Å²) in [5, 5.41) is 5.10. The molecule has 0 saturated heterocycles. The highest BCUT2D eigenvalue weighted by Crippen LogP contribution is 2.26. The molecule has 0 aromatic carbocycles. The average Bonchev–Trinajstić information content (AvgIpc) is 2.87. The Morgan fingerprint density at radius 3 is 2.70 bits per heavy atom. The van der Waals surface area contributed by atoms with E-state index in [1.54, 1.807) is 23.5 Å². The van der Waals surface area contributed by atoms with Gasteiger partial charge in [-0.1, -0.05) is 19.9 Å². The number of nitrogen functional groups attached to an aromatic ring is 1. The Labute approximate surface area is 123 Å². The van der Waals surface area contributed by atoms with Gasteiger partial charge in [0.25, 0.3) is 5.91 Å². The second-order valence-corrected chi connectivity index (χ2v) is 6.11. The third kappa shape index (κ3) is 3.36. The zero-order valence-electron chi connectivity index (χ0n) is 11.9. The molecule has 0 aliphatic rings. The quantitative estimate of drug-likeness (QED) is 0.908. The summed E-state index contributed by atoms with van der Waals surface area (Å²) in [5.74, 6) is 0.569. The van der Waals surface area contributed by atoms with E-state index in [4.69, 9.17) is 5.73 Å². The van der Waals surface area contributed by atoms with Gasteiger partial charge in [-0.05, 0) is 36.4 Å². The number of hydrogen-bond acceptors (Lipinski definition) is 4. The van der Waals surface area contributed by atoms with Gasteiger partial charge in [-0.25, -0.2) is 4.98 Å². The number of rotatable bonds is 4. The van der Waals surface area contributed by atoms with Crippen molar-refractivity contribution in [2.75, 3.05) is 5.73 Å². The van der Waals surface area contributed by atoms with E-state index < -0.39 is 0 Å². The second-order valence-electron chi connectivity index (χ2n) is 5.13. The lowest BCUT2D eigenvalue weighted by Gasteiger charge is -2.21. The van der Waals surface area contributed by atoms with Gasteiger partial charge in [0.05, 0.1) is 6.04 Å². The molecular weight excluding hydrogens is 270 g/mol. The van der Waals surface area contributed by atoms with Crippen LogP contribution in [0.5, 0.6) is 0 Å². The highest BCUT2D eigenvalue weighted by atomic mass is 32.1. The SMILES string of the molecule is Cc1cc(C(=O)NC(c2cccs2)C(C)C)cc(N)n1. The smallest absolute Gasteiger partial charge is 0.251 e. The van der Waals surface area contributed by atoms with Crippen molar-refractivity contribution >= 4 is 23.1 Å². The largest absolute Gasteiger partial charge is 0.384 e. The normalized spacial score (nSPS) is 12.4. The maximum atomic E-state index is 12.4. The molecule has 0 aliphatic carbocycles. The molecule has 1 amide bonds. The van der Waals surface area contributed by atoms with Crippen molar-refractivity contribution in [3.63, 3.8) is 0 Å². The highest BCUT2D eigenvalue weighted by molar-refractivity contribution is 7.10.